The van der Waals surface area contributed by atoms with Gasteiger partial charge in [-0.3, -0.25) is 25.1 Å². The SMILES string of the molecule is CC(=O)NNC(=O)COC(=O)/C=C/c1c(C)nn(Cc2ccccc2Cl)c1C. The van der Waals surface area contributed by atoms with Gasteiger partial charge in [0, 0.05) is 29.3 Å². The van der Waals surface area contributed by atoms with E-state index in [1.807, 2.05) is 42.8 Å². The van der Waals surface area contributed by atoms with Crippen molar-refractivity contribution < 1.29 is 19.1 Å². The fourth-order valence-electron chi connectivity index (χ4n) is 2.42. The molecule has 0 aliphatic rings. The number of hydrogen-bond donors (Lipinski definition) is 2. The maximum Gasteiger partial charge on any atom is 0.331 e. The summed E-state index contributed by atoms with van der Waals surface area (Å²) in [5.41, 5.74) is 7.53. The highest BCUT2D eigenvalue weighted by atomic mass is 35.5. The number of halogens is 1. The Labute approximate surface area is 167 Å². The van der Waals surface area contributed by atoms with Crippen molar-refractivity contribution in [2.45, 2.75) is 27.3 Å². The molecule has 0 saturated carbocycles. The Morgan fingerprint density at radius 3 is 2.61 bits per heavy atom. The molecule has 28 heavy (non-hydrogen) atoms. The molecule has 0 bridgehead atoms. The predicted molar refractivity (Wildman–Crippen MR) is 104 cm³/mol. The fourth-order valence-corrected chi connectivity index (χ4v) is 2.62. The molecular formula is C19H21ClN4O4. The molecule has 0 spiro atoms. The van der Waals surface area contributed by atoms with Crippen molar-refractivity contribution >= 4 is 35.5 Å². The molecular weight excluding hydrogens is 384 g/mol. The lowest BCUT2D eigenvalue weighted by Gasteiger charge is -2.06. The van der Waals surface area contributed by atoms with Crippen LogP contribution in [0.2, 0.25) is 5.02 Å². The molecule has 0 saturated heterocycles. The largest absolute Gasteiger partial charge is 0.452 e. The highest BCUT2D eigenvalue weighted by molar-refractivity contribution is 6.31. The number of carbonyl (C=O) groups excluding carboxylic acids is 3. The van der Waals surface area contributed by atoms with Crippen LogP contribution in [0.15, 0.2) is 30.3 Å². The van der Waals surface area contributed by atoms with Crippen LogP contribution in [0, 0.1) is 13.8 Å². The van der Waals surface area contributed by atoms with Gasteiger partial charge in [0.05, 0.1) is 12.2 Å². The van der Waals surface area contributed by atoms with Gasteiger partial charge in [0.2, 0.25) is 5.91 Å². The van der Waals surface area contributed by atoms with E-state index in [9.17, 15) is 14.4 Å². The van der Waals surface area contributed by atoms with Crippen LogP contribution in [0.25, 0.3) is 6.08 Å². The Morgan fingerprint density at radius 1 is 1.21 bits per heavy atom. The van der Waals surface area contributed by atoms with E-state index in [-0.39, 0.29) is 0 Å². The van der Waals surface area contributed by atoms with Gasteiger partial charge in [0.1, 0.15) is 0 Å². The average Bonchev–Trinajstić information content (AvgIpc) is 2.91. The van der Waals surface area contributed by atoms with Crippen molar-refractivity contribution in [2.75, 3.05) is 6.61 Å². The van der Waals surface area contributed by atoms with Gasteiger partial charge in [0.25, 0.3) is 5.91 Å². The zero-order chi connectivity index (χ0) is 20.7. The molecule has 2 amide bonds. The number of hydrogen-bond acceptors (Lipinski definition) is 5. The van der Waals surface area contributed by atoms with Crippen molar-refractivity contribution in [1.82, 2.24) is 20.6 Å². The van der Waals surface area contributed by atoms with Gasteiger partial charge in [-0.2, -0.15) is 5.10 Å². The number of aromatic nitrogens is 2. The molecule has 1 aromatic heterocycles. The Balaban J connectivity index is 1.99. The van der Waals surface area contributed by atoms with Crippen molar-refractivity contribution in [3.63, 3.8) is 0 Å². The number of benzene rings is 1. The first-order valence-corrected chi connectivity index (χ1v) is 8.83. The molecule has 0 fully saturated rings. The summed E-state index contributed by atoms with van der Waals surface area (Å²) in [6.07, 6.45) is 2.82. The molecule has 2 N–H and O–H groups in total. The lowest BCUT2D eigenvalue weighted by molar-refractivity contribution is -0.144. The van der Waals surface area contributed by atoms with Gasteiger partial charge in [0.15, 0.2) is 6.61 Å². The van der Waals surface area contributed by atoms with Crippen molar-refractivity contribution in [2.24, 2.45) is 0 Å². The summed E-state index contributed by atoms with van der Waals surface area (Å²) < 4.78 is 6.63. The standard InChI is InChI=1S/C19H21ClN4O4/c1-12-16(8-9-19(27)28-11-18(26)22-21-14(3)25)13(2)24(23-12)10-15-6-4-5-7-17(15)20/h4-9H,10-11H2,1-3H3,(H,21,25)(H,22,26)/b9-8+. The van der Waals surface area contributed by atoms with E-state index in [0.29, 0.717) is 11.6 Å². The summed E-state index contributed by atoms with van der Waals surface area (Å²) in [6.45, 7) is 4.97. The van der Waals surface area contributed by atoms with Crippen LogP contribution in [0.4, 0.5) is 0 Å². The molecule has 0 aliphatic heterocycles. The van der Waals surface area contributed by atoms with Crippen LogP contribution in [0.1, 0.15) is 29.4 Å². The first-order chi connectivity index (χ1) is 13.3. The Hall–Kier alpha value is -3.13. The Kier molecular flexibility index (Phi) is 7.34. The molecule has 148 valence electrons. The third kappa shape index (κ3) is 5.95. The summed E-state index contributed by atoms with van der Waals surface area (Å²) in [5, 5.41) is 5.15. The zero-order valence-electron chi connectivity index (χ0n) is 15.8. The number of rotatable bonds is 6. The van der Waals surface area contributed by atoms with Crippen molar-refractivity contribution in [1.29, 1.82) is 0 Å². The van der Waals surface area contributed by atoms with Gasteiger partial charge in [-0.05, 0) is 31.6 Å². The summed E-state index contributed by atoms with van der Waals surface area (Å²) >= 11 is 6.20. The molecule has 0 atom stereocenters. The summed E-state index contributed by atoms with van der Waals surface area (Å²) in [6, 6.07) is 7.52. The second kappa shape index (κ2) is 9.70. The normalized spacial score (nSPS) is 10.7. The molecule has 2 rings (SSSR count). The highest BCUT2D eigenvalue weighted by Crippen LogP contribution is 2.20. The number of ether oxygens (including phenoxy) is 1. The fraction of sp³-hybridized carbons (Fsp3) is 0.263. The van der Waals surface area contributed by atoms with E-state index >= 15 is 0 Å². The number of hydrazine groups is 1. The Morgan fingerprint density at radius 2 is 1.93 bits per heavy atom. The maximum atomic E-state index is 11.8. The Bertz CT molecular complexity index is 921. The van der Waals surface area contributed by atoms with Gasteiger partial charge in [-0.15, -0.1) is 0 Å². The van der Waals surface area contributed by atoms with E-state index < -0.39 is 24.4 Å². The predicted octanol–water partition coefficient (Wildman–Crippen LogP) is 1.93. The van der Waals surface area contributed by atoms with E-state index in [0.717, 1.165) is 22.5 Å². The summed E-state index contributed by atoms with van der Waals surface area (Å²) in [7, 11) is 0. The minimum Gasteiger partial charge on any atom is -0.452 e. The second-order valence-corrected chi connectivity index (χ2v) is 6.41. The molecule has 1 heterocycles. The number of amides is 2. The molecule has 0 unspecified atom stereocenters. The van der Waals surface area contributed by atoms with Gasteiger partial charge in [-0.25, -0.2) is 4.79 Å². The lowest BCUT2D eigenvalue weighted by Crippen LogP contribution is -2.42. The van der Waals surface area contributed by atoms with Crippen LogP contribution in [0.5, 0.6) is 0 Å². The van der Waals surface area contributed by atoms with Gasteiger partial charge >= 0.3 is 5.97 Å². The molecule has 1 aromatic carbocycles. The minimum atomic E-state index is -0.685. The second-order valence-electron chi connectivity index (χ2n) is 6.00. The highest BCUT2D eigenvalue weighted by Gasteiger charge is 2.12. The van der Waals surface area contributed by atoms with Crippen molar-refractivity contribution in [3.8, 4) is 0 Å². The first-order valence-electron chi connectivity index (χ1n) is 8.45. The van der Waals surface area contributed by atoms with E-state index in [4.69, 9.17) is 16.3 Å². The number of aryl methyl sites for hydroxylation is 1. The zero-order valence-corrected chi connectivity index (χ0v) is 16.5. The van der Waals surface area contributed by atoms with Crippen LogP contribution in [-0.2, 0) is 25.7 Å². The summed E-state index contributed by atoms with van der Waals surface area (Å²) in [5.74, 6) is -1.76. The minimum absolute atomic E-state index is 0.431. The van der Waals surface area contributed by atoms with Crippen LogP contribution >= 0.6 is 11.6 Å². The number of nitrogens with zero attached hydrogens (tertiary/aromatic N) is 2. The van der Waals surface area contributed by atoms with E-state index in [1.54, 1.807) is 6.08 Å². The first kappa shape index (κ1) is 21.2. The van der Waals surface area contributed by atoms with Gasteiger partial charge in [-0.1, -0.05) is 29.8 Å². The number of nitrogens with one attached hydrogen (secondary N) is 2. The number of carbonyl (C=O) groups is 3. The van der Waals surface area contributed by atoms with Crippen LogP contribution in [-0.4, -0.2) is 34.2 Å². The maximum absolute atomic E-state index is 11.8. The number of esters is 1. The third-order valence-electron chi connectivity index (χ3n) is 3.82. The smallest absolute Gasteiger partial charge is 0.331 e. The van der Waals surface area contributed by atoms with Crippen LogP contribution < -0.4 is 10.9 Å². The van der Waals surface area contributed by atoms with E-state index in [2.05, 4.69) is 16.0 Å². The van der Waals surface area contributed by atoms with Gasteiger partial charge < -0.3 is 4.74 Å². The van der Waals surface area contributed by atoms with Crippen molar-refractivity contribution in [3.05, 3.63) is 57.9 Å². The molecule has 0 radical (unpaired) electrons. The quantitative estimate of drug-likeness (QED) is 0.435. The summed E-state index contributed by atoms with van der Waals surface area (Å²) in [4.78, 5) is 33.9. The molecule has 9 heteroatoms. The molecule has 8 nitrogen and oxygen atoms in total. The van der Waals surface area contributed by atoms with Crippen LogP contribution in [0.3, 0.4) is 0 Å². The molecule has 2 aromatic rings. The topological polar surface area (TPSA) is 102 Å². The monoisotopic (exact) mass is 404 g/mol. The molecule has 0 aliphatic carbocycles. The average molecular weight is 405 g/mol. The third-order valence-corrected chi connectivity index (χ3v) is 4.19. The lowest BCUT2D eigenvalue weighted by atomic mass is 10.1. The van der Waals surface area contributed by atoms with E-state index in [1.165, 1.54) is 13.0 Å².